The Morgan fingerprint density at radius 3 is 1.78 bits per heavy atom. The van der Waals surface area contributed by atoms with E-state index in [4.69, 9.17) is 11.6 Å². The van der Waals surface area contributed by atoms with Gasteiger partial charge in [0, 0.05) is 5.02 Å². The van der Waals surface area contributed by atoms with Gasteiger partial charge in [-0.1, -0.05) is 11.6 Å². The minimum atomic E-state index is -5.11. The van der Waals surface area contributed by atoms with Gasteiger partial charge < -0.3 is 5.11 Å². The maximum Gasteiger partial charge on any atom is 0.421 e. The van der Waals surface area contributed by atoms with Crippen LogP contribution in [0, 0.1) is 0 Å². The summed E-state index contributed by atoms with van der Waals surface area (Å²) in [5.74, 6) is 0. The van der Waals surface area contributed by atoms with Crippen molar-refractivity contribution in [2.45, 2.75) is 24.9 Å². The van der Waals surface area contributed by atoms with E-state index in [-0.39, 0.29) is 6.07 Å². The minimum Gasteiger partial charge on any atom is -0.376 e. The van der Waals surface area contributed by atoms with E-state index >= 15 is 0 Å². The number of hydrogen-bond donors (Lipinski definition) is 1. The quantitative estimate of drug-likeness (QED) is 0.772. The highest BCUT2D eigenvalue weighted by atomic mass is 35.5. The van der Waals surface area contributed by atoms with Crippen molar-refractivity contribution in [2.24, 2.45) is 0 Å². The van der Waals surface area contributed by atoms with Crippen LogP contribution in [0.5, 0.6) is 0 Å². The van der Waals surface area contributed by atoms with Crippen molar-refractivity contribution in [1.82, 2.24) is 0 Å². The van der Waals surface area contributed by atoms with Crippen LogP contribution in [0.3, 0.4) is 0 Å². The van der Waals surface area contributed by atoms with Crippen LogP contribution in [0.2, 0.25) is 5.02 Å². The number of aliphatic hydroxyl groups is 1. The molecule has 0 aromatic heterocycles. The van der Waals surface area contributed by atoms with Crippen LogP contribution in [0.1, 0.15) is 18.1 Å². The van der Waals surface area contributed by atoms with Crippen LogP contribution in [0.15, 0.2) is 18.2 Å². The molecule has 0 saturated carbocycles. The van der Waals surface area contributed by atoms with Crippen molar-refractivity contribution in [2.75, 3.05) is 0 Å². The fraction of sp³-hybridized carbons (Fsp3) is 0.400. The molecule has 1 unspecified atom stereocenters. The molecule has 0 amide bonds. The first-order valence-electron chi connectivity index (χ1n) is 4.53. The van der Waals surface area contributed by atoms with E-state index in [2.05, 4.69) is 0 Å². The Labute approximate surface area is 103 Å². The molecule has 0 radical (unpaired) electrons. The van der Waals surface area contributed by atoms with Crippen molar-refractivity contribution in [3.05, 3.63) is 34.3 Å². The van der Waals surface area contributed by atoms with E-state index in [0.29, 0.717) is 19.1 Å². The third kappa shape index (κ3) is 2.89. The van der Waals surface area contributed by atoms with E-state index in [1.54, 1.807) is 0 Å². The molecule has 0 fully saturated rings. The summed E-state index contributed by atoms with van der Waals surface area (Å²) in [5, 5.41) is 8.75. The lowest BCUT2D eigenvalue weighted by molar-refractivity contribution is -0.259. The van der Waals surface area contributed by atoms with Crippen LogP contribution in [0.25, 0.3) is 0 Å². The molecule has 1 rings (SSSR count). The van der Waals surface area contributed by atoms with Crippen LogP contribution in [-0.4, -0.2) is 11.3 Å². The lowest BCUT2D eigenvalue weighted by atomic mass is 9.93. The predicted octanol–water partition coefficient (Wildman–Crippen LogP) is 4.13. The third-order valence-electron chi connectivity index (χ3n) is 2.34. The van der Waals surface area contributed by atoms with Crippen molar-refractivity contribution < 1.29 is 31.4 Å². The molecule has 1 aromatic carbocycles. The maximum absolute atomic E-state index is 12.5. The first kappa shape index (κ1) is 15.1. The number of benzene rings is 1. The summed E-state index contributed by atoms with van der Waals surface area (Å²) >= 11 is 5.33. The Morgan fingerprint density at radius 1 is 0.944 bits per heavy atom. The number of rotatable bonds is 1. The first-order valence-corrected chi connectivity index (χ1v) is 4.91. The summed E-state index contributed by atoms with van der Waals surface area (Å²) in [4.78, 5) is 0. The standard InChI is InChI=1S/C10H7ClF6O/c1-8(18,10(15,16)17)5-2-6(9(12,13)14)4-7(11)3-5/h2-4,18H,1H3. The number of hydrogen-bond acceptors (Lipinski definition) is 1. The average molecular weight is 293 g/mol. The van der Waals surface area contributed by atoms with E-state index in [0.717, 1.165) is 0 Å². The highest BCUT2D eigenvalue weighted by molar-refractivity contribution is 6.30. The Hall–Kier alpha value is -0.950. The second-order valence-corrected chi connectivity index (χ2v) is 4.23. The van der Waals surface area contributed by atoms with Gasteiger partial charge in [0.15, 0.2) is 5.60 Å². The highest BCUT2D eigenvalue weighted by Crippen LogP contribution is 2.41. The second kappa shape index (κ2) is 4.31. The molecule has 0 aliphatic rings. The molecule has 1 atom stereocenters. The normalized spacial score (nSPS) is 16.5. The molecule has 0 aliphatic carbocycles. The Morgan fingerprint density at radius 2 is 1.39 bits per heavy atom. The Bertz CT molecular complexity index is 449. The van der Waals surface area contributed by atoms with Crippen LogP contribution in [0.4, 0.5) is 26.3 Å². The molecule has 18 heavy (non-hydrogen) atoms. The van der Waals surface area contributed by atoms with Crippen LogP contribution >= 0.6 is 11.6 Å². The molecule has 0 heterocycles. The predicted molar refractivity (Wildman–Crippen MR) is 52.1 cm³/mol. The van der Waals surface area contributed by atoms with E-state index in [1.807, 2.05) is 0 Å². The SMILES string of the molecule is CC(O)(c1cc(Cl)cc(C(F)(F)F)c1)C(F)(F)F. The monoisotopic (exact) mass is 292 g/mol. The molecule has 0 bridgehead atoms. The van der Waals surface area contributed by atoms with Gasteiger partial charge in [-0.25, -0.2) is 0 Å². The van der Waals surface area contributed by atoms with E-state index in [1.165, 1.54) is 0 Å². The molecule has 0 spiro atoms. The van der Waals surface area contributed by atoms with Crippen molar-refractivity contribution in [1.29, 1.82) is 0 Å². The molecule has 1 N–H and O–H groups in total. The van der Waals surface area contributed by atoms with Crippen molar-refractivity contribution in [3.8, 4) is 0 Å². The number of alkyl halides is 6. The second-order valence-electron chi connectivity index (χ2n) is 3.80. The fourth-order valence-electron chi connectivity index (χ4n) is 1.20. The molecular weight excluding hydrogens is 286 g/mol. The molecule has 1 nitrogen and oxygen atoms in total. The van der Waals surface area contributed by atoms with Crippen molar-refractivity contribution >= 4 is 11.6 Å². The van der Waals surface area contributed by atoms with Crippen LogP contribution in [-0.2, 0) is 11.8 Å². The minimum absolute atomic E-state index is 0.222. The molecule has 0 saturated heterocycles. The van der Waals surface area contributed by atoms with Gasteiger partial charge in [0.2, 0.25) is 0 Å². The van der Waals surface area contributed by atoms with Gasteiger partial charge in [0.25, 0.3) is 0 Å². The largest absolute Gasteiger partial charge is 0.421 e. The average Bonchev–Trinajstić information content (AvgIpc) is 2.13. The zero-order valence-electron chi connectivity index (χ0n) is 8.83. The Kier molecular flexibility index (Phi) is 3.62. The zero-order valence-corrected chi connectivity index (χ0v) is 9.58. The van der Waals surface area contributed by atoms with E-state index in [9.17, 15) is 31.4 Å². The summed E-state index contributed by atoms with van der Waals surface area (Å²) in [7, 11) is 0. The third-order valence-corrected chi connectivity index (χ3v) is 2.56. The van der Waals surface area contributed by atoms with Gasteiger partial charge in [-0.15, -0.1) is 0 Å². The number of halogens is 7. The summed E-state index contributed by atoms with van der Waals surface area (Å²) in [6.45, 7) is 0.360. The van der Waals surface area contributed by atoms with Crippen LogP contribution < -0.4 is 0 Å². The highest BCUT2D eigenvalue weighted by Gasteiger charge is 2.51. The fourth-order valence-corrected chi connectivity index (χ4v) is 1.43. The summed E-state index contributed by atoms with van der Waals surface area (Å²) < 4.78 is 74.7. The molecule has 8 heteroatoms. The van der Waals surface area contributed by atoms with Gasteiger partial charge in [-0.2, -0.15) is 26.3 Å². The van der Waals surface area contributed by atoms with Gasteiger partial charge >= 0.3 is 12.4 Å². The molecule has 0 aliphatic heterocycles. The van der Waals surface area contributed by atoms with Gasteiger partial charge in [0.1, 0.15) is 0 Å². The lowest BCUT2D eigenvalue weighted by Crippen LogP contribution is -2.39. The molecular formula is C10H7ClF6O. The van der Waals surface area contributed by atoms with Gasteiger partial charge in [0.05, 0.1) is 5.56 Å². The van der Waals surface area contributed by atoms with E-state index < -0.39 is 34.1 Å². The smallest absolute Gasteiger partial charge is 0.376 e. The maximum atomic E-state index is 12.5. The first-order chi connectivity index (χ1) is 7.85. The topological polar surface area (TPSA) is 20.2 Å². The molecule has 1 aromatic rings. The van der Waals surface area contributed by atoms with Gasteiger partial charge in [-0.05, 0) is 30.7 Å². The zero-order chi connectivity index (χ0) is 14.4. The lowest BCUT2D eigenvalue weighted by Gasteiger charge is -2.27. The van der Waals surface area contributed by atoms with Crippen molar-refractivity contribution in [3.63, 3.8) is 0 Å². The summed E-state index contributed by atoms with van der Waals surface area (Å²) in [5.41, 5.74) is -5.72. The Balaban J connectivity index is 3.40. The summed E-state index contributed by atoms with van der Waals surface area (Å²) in [6.07, 6.45) is -9.96. The van der Waals surface area contributed by atoms with Gasteiger partial charge in [-0.3, -0.25) is 0 Å². The summed E-state index contributed by atoms with van der Waals surface area (Å²) in [6, 6.07) is 1.35. The molecule has 102 valence electrons.